The predicted molar refractivity (Wildman–Crippen MR) is 140 cm³/mol. The number of carbonyl (C=O) groups excluding carboxylic acids is 1. The summed E-state index contributed by atoms with van der Waals surface area (Å²) in [5.74, 6) is -0.244. The van der Waals surface area contributed by atoms with E-state index in [0.717, 1.165) is 34.0 Å². The molecular formula is C28H26N2O2S. The number of amides is 1. The lowest BCUT2D eigenvalue weighted by atomic mass is 10.0. The molecule has 0 aromatic heterocycles. The van der Waals surface area contributed by atoms with Gasteiger partial charge in [0.25, 0.3) is 5.91 Å². The van der Waals surface area contributed by atoms with Crippen LogP contribution in [0.15, 0.2) is 97.1 Å². The maximum Gasteiger partial charge on any atom is 0.257 e. The van der Waals surface area contributed by atoms with Gasteiger partial charge in [0.15, 0.2) is 5.11 Å². The summed E-state index contributed by atoms with van der Waals surface area (Å²) in [7, 11) is 0. The summed E-state index contributed by atoms with van der Waals surface area (Å²) in [6, 6.07) is 31.7. The Hall–Kier alpha value is -3.54. The molecule has 33 heavy (non-hydrogen) atoms. The summed E-state index contributed by atoms with van der Waals surface area (Å²) in [4.78, 5) is 14.9. The van der Waals surface area contributed by atoms with Gasteiger partial charge in [0.1, 0.15) is 0 Å². The van der Waals surface area contributed by atoms with Gasteiger partial charge in [-0.3, -0.25) is 10.1 Å². The molecule has 0 saturated heterocycles. The normalized spacial score (nSPS) is 10.7. The lowest BCUT2D eigenvalue weighted by molar-refractivity contribution is 0.0977. The Bertz CT molecular complexity index is 1230. The van der Waals surface area contributed by atoms with Crippen molar-refractivity contribution >= 4 is 39.7 Å². The number of anilines is 1. The fraction of sp³-hybridized carbons (Fsp3) is 0.143. The van der Waals surface area contributed by atoms with Crippen molar-refractivity contribution in [2.24, 2.45) is 0 Å². The number of hydrogen-bond acceptors (Lipinski definition) is 3. The van der Waals surface area contributed by atoms with Crippen LogP contribution in [0, 0.1) is 0 Å². The molecule has 0 unspecified atom stereocenters. The number of fused-ring (bicyclic) bond motifs is 1. The summed E-state index contributed by atoms with van der Waals surface area (Å²) in [5.41, 5.74) is 3.64. The monoisotopic (exact) mass is 454 g/mol. The Kier molecular flexibility index (Phi) is 7.45. The van der Waals surface area contributed by atoms with Crippen molar-refractivity contribution < 1.29 is 9.90 Å². The molecule has 0 heterocycles. The number of aliphatic hydroxyl groups excluding tert-OH is 1. The van der Waals surface area contributed by atoms with E-state index in [2.05, 4.69) is 23.5 Å². The largest absolute Gasteiger partial charge is 0.396 e. The molecule has 0 fully saturated rings. The number of aliphatic hydroxyl groups is 1. The Morgan fingerprint density at radius 2 is 1.45 bits per heavy atom. The van der Waals surface area contributed by atoms with Gasteiger partial charge in [-0.25, -0.2) is 0 Å². The molecular weight excluding hydrogens is 428 g/mol. The van der Waals surface area contributed by atoms with Crippen molar-refractivity contribution in [3.8, 4) is 11.1 Å². The number of nitrogens with zero attached hydrogens (tertiary/aromatic N) is 1. The van der Waals surface area contributed by atoms with Gasteiger partial charge in [0.05, 0.1) is 5.69 Å². The molecule has 166 valence electrons. The lowest BCUT2D eigenvalue weighted by Crippen LogP contribution is -2.43. The average molecular weight is 455 g/mol. The van der Waals surface area contributed by atoms with E-state index in [-0.39, 0.29) is 12.5 Å². The van der Waals surface area contributed by atoms with Crippen LogP contribution >= 0.6 is 12.2 Å². The van der Waals surface area contributed by atoms with Crippen molar-refractivity contribution in [2.45, 2.75) is 12.8 Å². The van der Waals surface area contributed by atoms with Gasteiger partial charge in [-0.05, 0) is 59.8 Å². The molecule has 0 aliphatic rings. The summed E-state index contributed by atoms with van der Waals surface area (Å²) >= 11 is 5.68. The number of hydrogen-bond donors (Lipinski definition) is 2. The molecule has 0 spiro atoms. The van der Waals surface area contributed by atoms with Crippen molar-refractivity contribution in [2.75, 3.05) is 18.1 Å². The molecule has 0 aliphatic heterocycles. The van der Waals surface area contributed by atoms with E-state index < -0.39 is 0 Å². The third kappa shape index (κ3) is 5.45. The van der Waals surface area contributed by atoms with E-state index in [1.54, 1.807) is 0 Å². The number of rotatable bonds is 7. The predicted octanol–water partition coefficient (Wildman–Crippen LogP) is 5.80. The Balaban J connectivity index is 1.54. The molecule has 0 radical (unpaired) electrons. The molecule has 0 atom stereocenters. The molecule has 4 rings (SSSR count). The van der Waals surface area contributed by atoms with Crippen molar-refractivity contribution in [3.63, 3.8) is 0 Å². The van der Waals surface area contributed by atoms with Crippen molar-refractivity contribution in [1.29, 1.82) is 0 Å². The summed E-state index contributed by atoms with van der Waals surface area (Å²) in [6.45, 7) is 0.719. The quantitative estimate of drug-likeness (QED) is 0.274. The SMILES string of the molecule is O=C(NC(=S)N(CCCCO)c1cccc2ccccc12)c1ccc(-c2ccccc2)cc1. The smallest absolute Gasteiger partial charge is 0.257 e. The fourth-order valence-electron chi connectivity index (χ4n) is 3.84. The maximum atomic E-state index is 13.0. The zero-order valence-corrected chi connectivity index (χ0v) is 19.1. The topological polar surface area (TPSA) is 52.6 Å². The first-order chi connectivity index (χ1) is 16.2. The molecule has 0 saturated carbocycles. The highest BCUT2D eigenvalue weighted by Gasteiger charge is 2.17. The van der Waals surface area contributed by atoms with Gasteiger partial charge in [0, 0.05) is 24.1 Å². The zero-order chi connectivity index (χ0) is 23.0. The third-order valence-electron chi connectivity index (χ3n) is 5.57. The van der Waals surface area contributed by atoms with Crippen LogP contribution in [0.3, 0.4) is 0 Å². The van der Waals surface area contributed by atoms with Crippen LogP contribution in [-0.2, 0) is 0 Å². The van der Waals surface area contributed by atoms with Gasteiger partial charge >= 0.3 is 0 Å². The summed E-state index contributed by atoms with van der Waals surface area (Å²) < 4.78 is 0. The minimum Gasteiger partial charge on any atom is -0.396 e. The van der Waals surface area contributed by atoms with Crippen LogP contribution in [0.1, 0.15) is 23.2 Å². The minimum atomic E-state index is -0.244. The van der Waals surface area contributed by atoms with Crippen LogP contribution in [0.25, 0.3) is 21.9 Å². The maximum absolute atomic E-state index is 13.0. The van der Waals surface area contributed by atoms with Gasteiger partial charge in [-0.1, -0.05) is 78.9 Å². The second kappa shape index (κ2) is 10.9. The minimum absolute atomic E-state index is 0.121. The Morgan fingerprint density at radius 1 is 0.788 bits per heavy atom. The van der Waals surface area contributed by atoms with E-state index >= 15 is 0 Å². The van der Waals surface area contributed by atoms with Gasteiger partial charge in [-0.2, -0.15) is 0 Å². The van der Waals surface area contributed by atoms with Crippen LogP contribution in [0.2, 0.25) is 0 Å². The van der Waals surface area contributed by atoms with Crippen molar-refractivity contribution in [1.82, 2.24) is 5.32 Å². The Labute approximate surface area is 199 Å². The van der Waals surface area contributed by atoms with E-state index in [0.29, 0.717) is 23.6 Å². The highest BCUT2D eigenvalue weighted by atomic mass is 32.1. The first kappa shape index (κ1) is 22.6. The van der Waals surface area contributed by atoms with Gasteiger partial charge < -0.3 is 10.0 Å². The van der Waals surface area contributed by atoms with E-state index in [1.165, 1.54) is 0 Å². The Morgan fingerprint density at radius 3 is 2.21 bits per heavy atom. The van der Waals surface area contributed by atoms with Crippen LogP contribution in [0.5, 0.6) is 0 Å². The first-order valence-electron chi connectivity index (χ1n) is 11.0. The molecule has 0 aliphatic carbocycles. The first-order valence-corrected chi connectivity index (χ1v) is 11.4. The second-order valence-corrected chi connectivity index (χ2v) is 8.17. The number of nitrogens with one attached hydrogen (secondary N) is 1. The second-order valence-electron chi connectivity index (χ2n) is 7.78. The molecule has 1 amide bonds. The number of unbranched alkanes of at least 4 members (excludes halogenated alkanes) is 1. The molecule has 4 aromatic rings. The molecule has 4 aromatic carbocycles. The lowest BCUT2D eigenvalue weighted by Gasteiger charge is -2.27. The third-order valence-corrected chi connectivity index (χ3v) is 5.89. The van der Waals surface area contributed by atoms with E-state index in [9.17, 15) is 9.90 Å². The van der Waals surface area contributed by atoms with Crippen LogP contribution in [0.4, 0.5) is 5.69 Å². The standard InChI is InChI=1S/C28H26N2O2S/c31-20-7-6-19-30(26-14-8-12-23-11-4-5-13-25(23)26)28(33)29-27(32)24-17-15-22(16-18-24)21-9-2-1-3-10-21/h1-5,8-18,31H,6-7,19-20H2,(H,29,32,33). The van der Waals surface area contributed by atoms with Gasteiger partial charge in [-0.15, -0.1) is 0 Å². The molecule has 2 N–H and O–H groups in total. The summed E-state index contributed by atoms with van der Waals surface area (Å²) in [6.07, 6.45) is 1.42. The van der Waals surface area contributed by atoms with Crippen LogP contribution < -0.4 is 10.2 Å². The number of thiocarbonyl (C=S) groups is 1. The molecule has 5 heteroatoms. The molecule has 4 nitrogen and oxygen atoms in total. The number of benzene rings is 4. The zero-order valence-electron chi connectivity index (χ0n) is 18.3. The number of carbonyl (C=O) groups is 1. The fourth-order valence-corrected chi connectivity index (χ4v) is 4.12. The van der Waals surface area contributed by atoms with Gasteiger partial charge in [0.2, 0.25) is 0 Å². The van der Waals surface area contributed by atoms with Crippen molar-refractivity contribution in [3.05, 3.63) is 103 Å². The van der Waals surface area contributed by atoms with Crippen LogP contribution in [-0.4, -0.2) is 29.3 Å². The van der Waals surface area contributed by atoms with E-state index in [1.807, 2.05) is 83.8 Å². The average Bonchev–Trinajstić information content (AvgIpc) is 2.87. The van der Waals surface area contributed by atoms with E-state index in [4.69, 9.17) is 12.2 Å². The highest BCUT2D eigenvalue weighted by Crippen LogP contribution is 2.27. The highest BCUT2D eigenvalue weighted by molar-refractivity contribution is 7.80. The molecule has 0 bridgehead atoms. The summed E-state index contributed by atoms with van der Waals surface area (Å²) in [5, 5.41) is 14.7.